The average Bonchev–Trinajstić information content (AvgIpc) is 2.75. The van der Waals surface area contributed by atoms with Crippen molar-refractivity contribution in [1.82, 2.24) is 4.90 Å². The molecule has 0 aliphatic carbocycles. The van der Waals surface area contributed by atoms with Crippen LogP contribution in [-0.2, 0) is 9.84 Å². The molecule has 2 rings (SSSR count). The molecule has 6 heteroatoms. The topological polar surface area (TPSA) is 49.4 Å². The zero-order valence-corrected chi connectivity index (χ0v) is 14.4. The molecule has 0 amide bonds. The number of anilines is 1. The second-order valence-electron chi connectivity index (χ2n) is 5.59. The summed E-state index contributed by atoms with van der Waals surface area (Å²) >= 11 is 5.49. The normalized spacial score (nSPS) is 20.2. The van der Waals surface area contributed by atoms with E-state index in [9.17, 15) is 8.42 Å². The fourth-order valence-electron chi connectivity index (χ4n) is 2.65. The number of benzene rings is 1. The van der Waals surface area contributed by atoms with Crippen molar-refractivity contribution in [3.8, 4) is 0 Å². The molecular weight excluding hydrogens is 304 g/mol. The molecule has 1 heterocycles. The number of aryl methyl sites for hydroxylation is 2. The highest BCUT2D eigenvalue weighted by Gasteiger charge is 2.32. The molecule has 0 radical (unpaired) electrons. The number of nitrogens with one attached hydrogen (secondary N) is 1. The van der Waals surface area contributed by atoms with E-state index in [1.807, 2.05) is 25.7 Å². The average molecular weight is 326 g/mol. The van der Waals surface area contributed by atoms with Gasteiger partial charge in [-0.15, -0.1) is 0 Å². The molecule has 0 saturated carbocycles. The molecule has 0 spiro atoms. The summed E-state index contributed by atoms with van der Waals surface area (Å²) in [6.45, 7) is 6.77. The first-order valence-corrected chi connectivity index (χ1v) is 9.40. The van der Waals surface area contributed by atoms with E-state index in [0.29, 0.717) is 18.1 Å². The van der Waals surface area contributed by atoms with E-state index in [-0.39, 0.29) is 17.5 Å². The molecule has 4 nitrogen and oxygen atoms in total. The SMILES string of the molecule is CCN(C(=S)Nc1cc(C)ccc1C)[C@@H]1CCS(=O)(=O)C1. The minimum absolute atomic E-state index is 0.00915. The molecule has 1 aliphatic rings. The smallest absolute Gasteiger partial charge is 0.173 e. The predicted octanol–water partition coefficient (Wildman–Crippen LogP) is 2.51. The van der Waals surface area contributed by atoms with E-state index < -0.39 is 9.84 Å². The quantitative estimate of drug-likeness (QED) is 0.865. The van der Waals surface area contributed by atoms with Gasteiger partial charge < -0.3 is 10.2 Å². The van der Waals surface area contributed by atoms with Crippen LogP contribution in [0.4, 0.5) is 5.69 Å². The Balaban J connectivity index is 2.12. The van der Waals surface area contributed by atoms with Gasteiger partial charge in [0, 0.05) is 18.3 Å². The second kappa shape index (κ2) is 6.32. The highest BCUT2D eigenvalue weighted by Crippen LogP contribution is 2.21. The summed E-state index contributed by atoms with van der Waals surface area (Å²) in [7, 11) is -2.90. The number of hydrogen-bond acceptors (Lipinski definition) is 3. The number of sulfone groups is 1. The molecule has 0 aromatic heterocycles. The zero-order chi connectivity index (χ0) is 15.6. The third kappa shape index (κ3) is 3.95. The van der Waals surface area contributed by atoms with Gasteiger partial charge in [0.15, 0.2) is 14.9 Å². The minimum atomic E-state index is -2.90. The van der Waals surface area contributed by atoms with Crippen LogP contribution in [0.1, 0.15) is 24.5 Å². The summed E-state index contributed by atoms with van der Waals surface area (Å²) in [5.74, 6) is 0.468. The van der Waals surface area contributed by atoms with Crippen LogP contribution >= 0.6 is 12.2 Å². The van der Waals surface area contributed by atoms with E-state index in [1.54, 1.807) is 0 Å². The Hall–Kier alpha value is -1.14. The third-order valence-electron chi connectivity index (χ3n) is 3.89. The number of rotatable bonds is 3. The van der Waals surface area contributed by atoms with Gasteiger partial charge in [-0.25, -0.2) is 8.42 Å². The molecule has 1 N–H and O–H groups in total. The zero-order valence-electron chi connectivity index (χ0n) is 12.7. The van der Waals surface area contributed by atoms with Crippen molar-refractivity contribution >= 4 is 32.9 Å². The minimum Gasteiger partial charge on any atom is -0.345 e. The highest BCUT2D eigenvalue weighted by atomic mass is 32.2. The summed E-state index contributed by atoms with van der Waals surface area (Å²) in [6.07, 6.45) is 0.658. The van der Waals surface area contributed by atoms with Gasteiger partial charge in [-0.2, -0.15) is 0 Å². The van der Waals surface area contributed by atoms with Crippen molar-refractivity contribution in [1.29, 1.82) is 0 Å². The van der Waals surface area contributed by atoms with E-state index in [4.69, 9.17) is 12.2 Å². The van der Waals surface area contributed by atoms with Gasteiger partial charge >= 0.3 is 0 Å². The fourth-order valence-corrected chi connectivity index (χ4v) is 4.77. The van der Waals surface area contributed by atoms with Crippen LogP contribution in [0.15, 0.2) is 18.2 Å². The van der Waals surface area contributed by atoms with Gasteiger partial charge in [-0.05, 0) is 56.6 Å². The Bertz CT molecular complexity index is 641. The highest BCUT2D eigenvalue weighted by molar-refractivity contribution is 7.91. The Kier molecular flexibility index (Phi) is 4.88. The molecule has 0 bridgehead atoms. The van der Waals surface area contributed by atoms with E-state index in [2.05, 4.69) is 23.5 Å². The van der Waals surface area contributed by atoms with Crippen LogP contribution in [-0.4, -0.2) is 42.5 Å². The predicted molar refractivity (Wildman–Crippen MR) is 91.6 cm³/mol. The van der Waals surface area contributed by atoms with Crippen LogP contribution in [0.5, 0.6) is 0 Å². The van der Waals surface area contributed by atoms with Crippen molar-refractivity contribution in [3.05, 3.63) is 29.3 Å². The maximum absolute atomic E-state index is 11.7. The second-order valence-corrected chi connectivity index (χ2v) is 8.21. The molecule has 1 saturated heterocycles. The lowest BCUT2D eigenvalue weighted by atomic mass is 10.1. The van der Waals surface area contributed by atoms with Crippen LogP contribution in [0, 0.1) is 13.8 Å². The van der Waals surface area contributed by atoms with E-state index in [1.165, 1.54) is 0 Å². The van der Waals surface area contributed by atoms with Crippen LogP contribution in [0.3, 0.4) is 0 Å². The summed E-state index contributed by atoms with van der Waals surface area (Å²) in [5.41, 5.74) is 3.27. The van der Waals surface area contributed by atoms with Crippen LogP contribution in [0.2, 0.25) is 0 Å². The number of nitrogens with zero attached hydrogens (tertiary/aromatic N) is 1. The first-order chi connectivity index (χ1) is 9.82. The maximum Gasteiger partial charge on any atom is 0.173 e. The first kappa shape index (κ1) is 16.2. The Morgan fingerprint density at radius 1 is 1.43 bits per heavy atom. The number of hydrogen-bond donors (Lipinski definition) is 1. The van der Waals surface area contributed by atoms with Crippen molar-refractivity contribution in [2.24, 2.45) is 0 Å². The molecule has 1 aliphatic heterocycles. The van der Waals surface area contributed by atoms with Gasteiger partial charge in [0.2, 0.25) is 0 Å². The van der Waals surface area contributed by atoms with Crippen molar-refractivity contribution < 1.29 is 8.42 Å². The Morgan fingerprint density at radius 3 is 2.71 bits per heavy atom. The lowest BCUT2D eigenvalue weighted by molar-refractivity contribution is 0.355. The molecule has 0 unspecified atom stereocenters. The van der Waals surface area contributed by atoms with Gasteiger partial charge in [-0.3, -0.25) is 0 Å². The molecule has 21 heavy (non-hydrogen) atoms. The molecule has 116 valence electrons. The standard InChI is InChI=1S/C15H22N2O2S2/c1-4-17(13-7-8-21(18,19)10-13)15(20)16-14-9-11(2)5-6-12(14)3/h5-6,9,13H,4,7-8,10H2,1-3H3,(H,16,20)/t13-/m1/s1. The molecule has 1 fully saturated rings. The van der Waals surface area contributed by atoms with Crippen LogP contribution < -0.4 is 5.32 Å². The molecule has 1 atom stereocenters. The Labute approximate surface area is 132 Å². The summed E-state index contributed by atoms with van der Waals surface area (Å²) in [6, 6.07) is 6.16. The van der Waals surface area contributed by atoms with Crippen molar-refractivity contribution in [2.45, 2.75) is 33.2 Å². The summed E-state index contributed by atoms with van der Waals surface area (Å²) in [5, 5.41) is 3.87. The van der Waals surface area contributed by atoms with Gasteiger partial charge in [-0.1, -0.05) is 12.1 Å². The number of thiocarbonyl (C=S) groups is 1. The molecule has 1 aromatic carbocycles. The van der Waals surface area contributed by atoms with E-state index in [0.717, 1.165) is 16.8 Å². The van der Waals surface area contributed by atoms with Crippen molar-refractivity contribution in [3.63, 3.8) is 0 Å². The van der Waals surface area contributed by atoms with Gasteiger partial charge in [0.05, 0.1) is 11.5 Å². The monoisotopic (exact) mass is 326 g/mol. The lowest BCUT2D eigenvalue weighted by Gasteiger charge is -2.30. The van der Waals surface area contributed by atoms with Crippen molar-refractivity contribution in [2.75, 3.05) is 23.4 Å². The maximum atomic E-state index is 11.7. The first-order valence-electron chi connectivity index (χ1n) is 7.17. The summed E-state index contributed by atoms with van der Waals surface area (Å²) < 4.78 is 23.3. The van der Waals surface area contributed by atoms with Crippen LogP contribution in [0.25, 0.3) is 0 Å². The lowest BCUT2D eigenvalue weighted by Crippen LogP contribution is -2.43. The Morgan fingerprint density at radius 2 is 2.14 bits per heavy atom. The summed E-state index contributed by atoms with van der Waals surface area (Å²) in [4.78, 5) is 1.99. The van der Waals surface area contributed by atoms with Gasteiger partial charge in [0.25, 0.3) is 0 Å². The third-order valence-corrected chi connectivity index (χ3v) is 5.97. The van der Waals surface area contributed by atoms with Gasteiger partial charge in [0.1, 0.15) is 0 Å². The molecular formula is C15H22N2O2S2. The largest absolute Gasteiger partial charge is 0.345 e. The fraction of sp³-hybridized carbons (Fsp3) is 0.533. The molecule has 1 aromatic rings. The van der Waals surface area contributed by atoms with E-state index >= 15 is 0 Å².